The quantitative estimate of drug-likeness (QED) is 0.660. The van der Waals surface area contributed by atoms with Crippen LogP contribution in [0.3, 0.4) is 0 Å². The van der Waals surface area contributed by atoms with Gasteiger partial charge in [0.15, 0.2) is 6.23 Å². The lowest BCUT2D eigenvalue weighted by Crippen LogP contribution is -2.43. The molecule has 0 aliphatic carbocycles. The van der Waals surface area contributed by atoms with Crippen LogP contribution in [0.2, 0.25) is 0 Å². The second kappa shape index (κ2) is 4.75. The molecule has 9 heteroatoms. The zero-order valence-electron chi connectivity index (χ0n) is 7.02. The maximum Gasteiger partial charge on any atom is 0.252 e. The third kappa shape index (κ3) is 3.74. The van der Waals surface area contributed by atoms with E-state index in [2.05, 4.69) is 0 Å². The van der Waals surface area contributed by atoms with Crippen LogP contribution in [0.15, 0.2) is 21.7 Å². The molecule has 0 saturated heterocycles. The molecule has 0 aromatic carbocycles. The predicted octanol–water partition coefficient (Wildman–Crippen LogP) is 1.71. The number of alkyl halides is 3. The van der Waals surface area contributed by atoms with Crippen molar-refractivity contribution in [2.24, 2.45) is 0 Å². The van der Waals surface area contributed by atoms with E-state index in [1.54, 1.807) is 11.4 Å². The Kier molecular flexibility index (Phi) is 4.27. The van der Waals surface area contributed by atoms with Crippen LogP contribution in [-0.4, -0.2) is 23.5 Å². The van der Waals surface area contributed by atoms with Gasteiger partial charge in [-0.3, -0.25) is 0 Å². The predicted molar refractivity (Wildman–Crippen MR) is 60.9 cm³/mol. The summed E-state index contributed by atoms with van der Waals surface area (Å²) in [6.45, 7) is 0. The van der Waals surface area contributed by atoms with Crippen molar-refractivity contribution in [2.75, 3.05) is 0 Å². The number of sulfonamides is 1. The van der Waals surface area contributed by atoms with Gasteiger partial charge in [0.2, 0.25) is 3.79 Å². The van der Waals surface area contributed by atoms with Crippen LogP contribution in [0.5, 0.6) is 0 Å². The van der Waals surface area contributed by atoms with Crippen molar-refractivity contribution in [3.63, 3.8) is 0 Å². The highest BCUT2D eigenvalue weighted by atomic mass is 35.6. The van der Waals surface area contributed by atoms with Crippen molar-refractivity contribution in [1.29, 1.82) is 0 Å². The third-order valence-electron chi connectivity index (χ3n) is 1.34. The first-order valence-corrected chi connectivity index (χ1v) is 7.04. The van der Waals surface area contributed by atoms with Crippen LogP contribution in [0.25, 0.3) is 0 Å². The Labute approximate surface area is 106 Å². The molecular weight excluding hydrogens is 305 g/mol. The van der Waals surface area contributed by atoms with E-state index in [1.807, 2.05) is 4.72 Å². The van der Waals surface area contributed by atoms with E-state index in [-0.39, 0.29) is 4.21 Å². The molecule has 0 spiro atoms. The number of hydrogen-bond donors (Lipinski definition) is 2. The van der Waals surface area contributed by atoms with Crippen LogP contribution in [0.1, 0.15) is 0 Å². The molecule has 4 nitrogen and oxygen atoms in total. The average molecular weight is 311 g/mol. The Bertz CT molecular complexity index is 411. The standard InChI is InChI=1S/C6H6Cl3NO3S2/c7-6(8,9)5(11)10-15(12,13)4-2-1-3-14-4/h1-3,5,10-11H. The first kappa shape index (κ1) is 13.5. The van der Waals surface area contributed by atoms with E-state index in [4.69, 9.17) is 34.8 Å². The van der Waals surface area contributed by atoms with Crippen molar-refractivity contribution < 1.29 is 13.5 Å². The Morgan fingerprint density at radius 2 is 2.07 bits per heavy atom. The normalized spacial score (nSPS) is 15.2. The third-order valence-corrected chi connectivity index (χ3v) is 4.76. The Morgan fingerprint density at radius 3 is 2.47 bits per heavy atom. The molecule has 0 radical (unpaired) electrons. The Morgan fingerprint density at radius 1 is 1.47 bits per heavy atom. The highest BCUT2D eigenvalue weighted by molar-refractivity contribution is 7.91. The molecular formula is C6H6Cl3NO3S2. The Hall–Kier alpha value is 0.440. The maximum absolute atomic E-state index is 11.5. The number of nitrogens with one attached hydrogen (secondary N) is 1. The second-order valence-corrected chi connectivity index (χ2v) is 7.75. The van der Waals surface area contributed by atoms with Crippen LogP contribution < -0.4 is 4.72 Å². The maximum atomic E-state index is 11.5. The molecule has 0 fully saturated rings. The highest BCUT2D eigenvalue weighted by Crippen LogP contribution is 2.30. The van der Waals surface area contributed by atoms with Gasteiger partial charge in [-0.1, -0.05) is 40.9 Å². The van der Waals surface area contributed by atoms with Crippen LogP contribution in [0, 0.1) is 0 Å². The number of halogens is 3. The van der Waals surface area contributed by atoms with Crippen LogP contribution in [0.4, 0.5) is 0 Å². The summed E-state index contributed by atoms with van der Waals surface area (Å²) >= 11 is 16.9. The van der Waals surface area contributed by atoms with E-state index in [1.165, 1.54) is 6.07 Å². The first-order chi connectivity index (χ1) is 6.73. The molecule has 0 aliphatic rings. The lowest BCUT2D eigenvalue weighted by molar-refractivity contribution is 0.167. The van der Waals surface area contributed by atoms with E-state index in [0.717, 1.165) is 11.3 Å². The van der Waals surface area contributed by atoms with E-state index < -0.39 is 20.0 Å². The zero-order valence-corrected chi connectivity index (χ0v) is 10.9. The van der Waals surface area contributed by atoms with Gasteiger partial charge < -0.3 is 5.11 Å². The minimum atomic E-state index is -3.83. The van der Waals surface area contributed by atoms with Crippen molar-refractivity contribution in [2.45, 2.75) is 14.2 Å². The smallest absolute Gasteiger partial charge is 0.252 e. The van der Waals surface area contributed by atoms with Gasteiger partial charge in [-0.25, -0.2) is 8.42 Å². The fourth-order valence-corrected chi connectivity index (χ4v) is 3.16. The molecule has 2 N–H and O–H groups in total. The molecule has 1 heterocycles. The van der Waals surface area contributed by atoms with Crippen LogP contribution in [-0.2, 0) is 10.0 Å². The average Bonchev–Trinajstić information content (AvgIpc) is 2.52. The van der Waals surface area contributed by atoms with Crippen molar-refractivity contribution in [1.82, 2.24) is 4.72 Å². The van der Waals surface area contributed by atoms with Crippen molar-refractivity contribution in [3.05, 3.63) is 17.5 Å². The summed E-state index contributed by atoms with van der Waals surface area (Å²) < 4.78 is 22.8. The van der Waals surface area contributed by atoms with E-state index in [9.17, 15) is 13.5 Å². The summed E-state index contributed by atoms with van der Waals surface area (Å²) in [5.41, 5.74) is 0. The Balaban J connectivity index is 2.84. The SMILES string of the molecule is O=S(=O)(NC(O)C(Cl)(Cl)Cl)c1cccs1. The summed E-state index contributed by atoms with van der Waals surface area (Å²) in [5.74, 6) is 0. The van der Waals surface area contributed by atoms with Gasteiger partial charge in [-0.05, 0) is 11.4 Å². The van der Waals surface area contributed by atoms with Gasteiger partial charge in [0.25, 0.3) is 10.0 Å². The zero-order chi connectivity index (χ0) is 11.7. The number of aliphatic hydroxyl groups excluding tert-OH is 1. The summed E-state index contributed by atoms with van der Waals surface area (Å²) in [6.07, 6.45) is -1.80. The lowest BCUT2D eigenvalue weighted by atomic mass is 10.7. The molecule has 0 saturated carbocycles. The summed E-state index contributed by atoms with van der Waals surface area (Å²) in [4.78, 5) is 0. The summed E-state index contributed by atoms with van der Waals surface area (Å²) in [6, 6.07) is 2.93. The fourth-order valence-electron chi connectivity index (χ4n) is 0.688. The second-order valence-electron chi connectivity index (χ2n) is 2.50. The van der Waals surface area contributed by atoms with Crippen molar-refractivity contribution in [3.8, 4) is 0 Å². The van der Waals surface area contributed by atoms with Crippen molar-refractivity contribution >= 4 is 56.2 Å². The molecule has 1 rings (SSSR count). The van der Waals surface area contributed by atoms with Gasteiger partial charge in [0.1, 0.15) is 4.21 Å². The minimum absolute atomic E-state index is 0.0378. The van der Waals surface area contributed by atoms with Gasteiger partial charge in [0.05, 0.1) is 0 Å². The number of aliphatic hydroxyl groups is 1. The molecule has 1 atom stereocenters. The molecule has 0 bridgehead atoms. The summed E-state index contributed by atoms with van der Waals surface area (Å²) in [7, 11) is -3.83. The molecule has 0 aliphatic heterocycles. The first-order valence-electron chi connectivity index (χ1n) is 3.54. The largest absolute Gasteiger partial charge is 0.373 e. The highest BCUT2D eigenvalue weighted by Gasteiger charge is 2.34. The van der Waals surface area contributed by atoms with E-state index in [0.29, 0.717) is 0 Å². The number of rotatable bonds is 3. The molecule has 1 aromatic heterocycles. The molecule has 1 aromatic rings. The minimum Gasteiger partial charge on any atom is -0.373 e. The van der Waals surface area contributed by atoms with Crippen LogP contribution >= 0.6 is 46.1 Å². The van der Waals surface area contributed by atoms with E-state index >= 15 is 0 Å². The topological polar surface area (TPSA) is 66.4 Å². The van der Waals surface area contributed by atoms with Gasteiger partial charge in [-0.2, -0.15) is 4.72 Å². The number of thiophene rings is 1. The monoisotopic (exact) mass is 309 g/mol. The molecule has 86 valence electrons. The van der Waals surface area contributed by atoms with Gasteiger partial charge >= 0.3 is 0 Å². The fraction of sp³-hybridized carbons (Fsp3) is 0.333. The molecule has 0 amide bonds. The molecule has 15 heavy (non-hydrogen) atoms. The lowest BCUT2D eigenvalue weighted by Gasteiger charge is -2.19. The molecule has 1 unspecified atom stereocenters. The van der Waals surface area contributed by atoms with Gasteiger partial charge in [0, 0.05) is 0 Å². The number of hydrogen-bond acceptors (Lipinski definition) is 4. The van der Waals surface area contributed by atoms with Gasteiger partial charge in [-0.15, -0.1) is 11.3 Å². The summed E-state index contributed by atoms with van der Waals surface area (Å²) in [5, 5.41) is 10.8.